The van der Waals surface area contributed by atoms with Crippen molar-refractivity contribution in [2.75, 3.05) is 13.1 Å². The lowest BCUT2D eigenvalue weighted by Gasteiger charge is -2.32. The Morgan fingerprint density at radius 3 is 2.67 bits per heavy atom. The first-order valence-corrected chi connectivity index (χ1v) is 8.73. The number of carbonyl (C=O) groups excluding carboxylic acids is 1. The van der Waals surface area contributed by atoms with Crippen LogP contribution in [0.4, 0.5) is 0 Å². The van der Waals surface area contributed by atoms with Crippen LogP contribution in [0.25, 0.3) is 0 Å². The van der Waals surface area contributed by atoms with Crippen molar-refractivity contribution >= 4 is 5.91 Å². The summed E-state index contributed by atoms with van der Waals surface area (Å²) >= 11 is 0. The van der Waals surface area contributed by atoms with Gasteiger partial charge in [-0.25, -0.2) is 0 Å². The summed E-state index contributed by atoms with van der Waals surface area (Å²) < 4.78 is 5.01. The van der Waals surface area contributed by atoms with Crippen molar-refractivity contribution < 1.29 is 9.32 Å². The smallest absolute Gasteiger partial charge is 0.226 e. The first-order chi connectivity index (χ1) is 11.6. The van der Waals surface area contributed by atoms with E-state index in [1.807, 2.05) is 30.0 Å². The summed E-state index contributed by atoms with van der Waals surface area (Å²) in [6.45, 7) is 5.60. The number of carbonyl (C=O) groups is 1. The summed E-state index contributed by atoms with van der Waals surface area (Å²) in [4.78, 5) is 18.8. The van der Waals surface area contributed by atoms with Crippen LogP contribution >= 0.6 is 0 Å². The van der Waals surface area contributed by atoms with Crippen molar-refractivity contribution in [1.82, 2.24) is 15.0 Å². The molecule has 128 valence electrons. The van der Waals surface area contributed by atoms with E-state index in [0.29, 0.717) is 18.2 Å². The fourth-order valence-corrected chi connectivity index (χ4v) is 3.33. The van der Waals surface area contributed by atoms with E-state index in [2.05, 4.69) is 23.1 Å². The van der Waals surface area contributed by atoms with Gasteiger partial charge in [-0.1, -0.05) is 29.4 Å². The first kappa shape index (κ1) is 16.7. The van der Waals surface area contributed by atoms with Crippen LogP contribution in [0, 0.1) is 19.8 Å². The molecule has 1 amide bonds. The Balaban J connectivity index is 1.44. The molecule has 1 saturated heterocycles. The lowest BCUT2D eigenvalue weighted by Crippen LogP contribution is -2.39. The fourth-order valence-electron chi connectivity index (χ4n) is 3.33. The molecule has 5 nitrogen and oxygen atoms in total. The second kappa shape index (κ2) is 7.60. The molecule has 1 aromatic carbocycles. The van der Waals surface area contributed by atoms with Crippen LogP contribution in [0.5, 0.6) is 0 Å². The molecule has 24 heavy (non-hydrogen) atoms. The third kappa shape index (κ3) is 4.22. The number of hydrogen-bond acceptors (Lipinski definition) is 4. The highest BCUT2D eigenvalue weighted by Gasteiger charge is 2.23. The Hall–Kier alpha value is -2.17. The van der Waals surface area contributed by atoms with Crippen molar-refractivity contribution in [3.8, 4) is 0 Å². The predicted molar refractivity (Wildman–Crippen MR) is 91.5 cm³/mol. The highest BCUT2D eigenvalue weighted by Crippen LogP contribution is 2.22. The maximum absolute atomic E-state index is 12.5. The van der Waals surface area contributed by atoms with Gasteiger partial charge in [0.25, 0.3) is 0 Å². The number of benzene rings is 1. The highest BCUT2D eigenvalue weighted by molar-refractivity contribution is 5.79. The van der Waals surface area contributed by atoms with E-state index < -0.39 is 0 Å². The summed E-state index contributed by atoms with van der Waals surface area (Å²) in [6.07, 6.45) is 4.57. The minimum Gasteiger partial charge on any atom is -0.342 e. The van der Waals surface area contributed by atoms with Gasteiger partial charge in [-0.05, 0) is 43.2 Å². The minimum absolute atomic E-state index is 0.247. The maximum Gasteiger partial charge on any atom is 0.226 e. The van der Waals surface area contributed by atoms with Gasteiger partial charge in [0, 0.05) is 26.4 Å². The molecule has 2 aromatic rings. The molecule has 1 aliphatic rings. The Kier molecular flexibility index (Phi) is 5.28. The van der Waals surface area contributed by atoms with Crippen molar-refractivity contribution in [3.05, 3.63) is 47.1 Å². The van der Waals surface area contributed by atoms with Crippen molar-refractivity contribution in [1.29, 1.82) is 0 Å². The van der Waals surface area contributed by atoms with Gasteiger partial charge in [0.1, 0.15) is 0 Å². The van der Waals surface area contributed by atoms with Crippen LogP contribution in [0.2, 0.25) is 0 Å². The number of piperidine rings is 1. The van der Waals surface area contributed by atoms with Crippen molar-refractivity contribution in [2.45, 2.75) is 46.0 Å². The summed E-state index contributed by atoms with van der Waals surface area (Å²) in [6, 6.07) is 8.13. The van der Waals surface area contributed by atoms with E-state index >= 15 is 0 Å². The Bertz CT molecular complexity index is 687. The lowest BCUT2D eigenvalue weighted by molar-refractivity contribution is -0.131. The van der Waals surface area contributed by atoms with E-state index in [4.69, 9.17) is 4.52 Å². The van der Waals surface area contributed by atoms with E-state index in [1.54, 1.807) is 0 Å². The zero-order valence-electron chi connectivity index (χ0n) is 14.5. The van der Waals surface area contributed by atoms with Gasteiger partial charge in [0.15, 0.2) is 5.82 Å². The van der Waals surface area contributed by atoms with Gasteiger partial charge in [-0.2, -0.15) is 4.98 Å². The maximum atomic E-state index is 12.5. The van der Waals surface area contributed by atoms with E-state index in [0.717, 1.165) is 50.2 Å². The molecule has 0 bridgehead atoms. The average molecular weight is 327 g/mol. The Morgan fingerprint density at radius 1 is 1.25 bits per heavy atom. The number of nitrogens with zero attached hydrogens (tertiary/aromatic N) is 3. The third-order valence-corrected chi connectivity index (χ3v) is 4.92. The first-order valence-electron chi connectivity index (χ1n) is 8.73. The molecule has 0 radical (unpaired) electrons. The van der Waals surface area contributed by atoms with Gasteiger partial charge in [0.05, 0.1) is 6.42 Å². The van der Waals surface area contributed by atoms with Crippen molar-refractivity contribution in [3.63, 3.8) is 0 Å². The standard InChI is InChI=1S/C19H25N3O2/c1-14-5-3-4-6-17(14)13-19(23)22-11-9-16(10-12-22)7-8-18-20-15(2)24-21-18/h3-6,16H,7-13H2,1-2H3. The van der Waals surface area contributed by atoms with Gasteiger partial charge < -0.3 is 9.42 Å². The van der Waals surface area contributed by atoms with Gasteiger partial charge in [-0.3, -0.25) is 4.79 Å². The molecule has 3 rings (SSSR count). The summed E-state index contributed by atoms with van der Waals surface area (Å²) in [5.41, 5.74) is 2.33. The SMILES string of the molecule is Cc1nc(CCC2CCN(C(=O)Cc3ccccc3C)CC2)no1. The van der Waals surface area contributed by atoms with Gasteiger partial charge >= 0.3 is 0 Å². The molecule has 0 saturated carbocycles. The number of aromatic nitrogens is 2. The minimum atomic E-state index is 0.247. The predicted octanol–water partition coefficient (Wildman–Crippen LogP) is 3.10. The lowest BCUT2D eigenvalue weighted by atomic mass is 9.91. The van der Waals surface area contributed by atoms with Crippen LogP contribution in [-0.2, 0) is 17.6 Å². The molecule has 2 heterocycles. The Morgan fingerprint density at radius 2 is 2.00 bits per heavy atom. The normalized spacial score (nSPS) is 15.7. The largest absolute Gasteiger partial charge is 0.342 e. The highest BCUT2D eigenvalue weighted by atomic mass is 16.5. The summed E-state index contributed by atoms with van der Waals surface area (Å²) in [7, 11) is 0. The van der Waals surface area contributed by atoms with E-state index in [1.165, 1.54) is 5.56 Å². The fraction of sp³-hybridized carbons (Fsp3) is 0.526. The van der Waals surface area contributed by atoms with Crippen LogP contribution in [0.3, 0.4) is 0 Å². The molecule has 1 aliphatic heterocycles. The van der Waals surface area contributed by atoms with E-state index in [9.17, 15) is 4.79 Å². The molecule has 0 unspecified atom stereocenters. The average Bonchev–Trinajstić information content (AvgIpc) is 3.01. The molecule has 5 heteroatoms. The molecule has 0 spiro atoms. The Labute approximate surface area is 143 Å². The van der Waals surface area contributed by atoms with Gasteiger partial charge in [-0.15, -0.1) is 0 Å². The van der Waals surface area contributed by atoms with Crippen molar-refractivity contribution in [2.24, 2.45) is 5.92 Å². The molecule has 0 aliphatic carbocycles. The number of rotatable bonds is 5. The number of amides is 1. The molecule has 1 fully saturated rings. The summed E-state index contributed by atoms with van der Waals surface area (Å²) in [5.74, 6) is 2.31. The summed E-state index contributed by atoms with van der Waals surface area (Å²) in [5, 5.41) is 3.95. The molecule has 1 aromatic heterocycles. The van der Waals surface area contributed by atoms with E-state index in [-0.39, 0.29) is 5.91 Å². The van der Waals surface area contributed by atoms with Crippen LogP contribution in [0.1, 0.15) is 42.1 Å². The number of likely N-dealkylation sites (tertiary alicyclic amines) is 1. The quantitative estimate of drug-likeness (QED) is 0.847. The van der Waals surface area contributed by atoms with Crippen LogP contribution in [0.15, 0.2) is 28.8 Å². The monoisotopic (exact) mass is 327 g/mol. The number of hydrogen-bond donors (Lipinski definition) is 0. The third-order valence-electron chi connectivity index (χ3n) is 4.92. The number of aryl methyl sites for hydroxylation is 3. The molecule has 0 atom stereocenters. The topological polar surface area (TPSA) is 59.2 Å². The molecule has 0 N–H and O–H groups in total. The zero-order chi connectivity index (χ0) is 16.9. The molecular formula is C19H25N3O2. The van der Waals surface area contributed by atoms with Gasteiger partial charge in [0.2, 0.25) is 11.8 Å². The van der Waals surface area contributed by atoms with Crippen LogP contribution in [-0.4, -0.2) is 34.0 Å². The second-order valence-electron chi connectivity index (χ2n) is 6.70. The van der Waals surface area contributed by atoms with Crippen LogP contribution < -0.4 is 0 Å². The zero-order valence-corrected chi connectivity index (χ0v) is 14.5. The second-order valence-corrected chi connectivity index (χ2v) is 6.70. The molecular weight excluding hydrogens is 302 g/mol.